The topological polar surface area (TPSA) is 53.6 Å². The maximum atomic E-state index is 4.05. The Labute approximate surface area is 84.8 Å². The van der Waals surface area contributed by atoms with E-state index in [-0.39, 0.29) is 0 Å². The molecule has 1 atom stereocenters. The zero-order chi connectivity index (χ0) is 10.2. The molecule has 14 heavy (non-hydrogen) atoms. The molecule has 0 radical (unpaired) electrons. The molecular formula is C10H18N4. The van der Waals surface area contributed by atoms with Gasteiger partial charge < -0.3 is 5.32 Å². The highest BCUT2D eigenvalue weighted by Crippen LogP contribution is 1.96. The van der Waals surface area contributed by atoms with Gasteiger partial charge in [0.2, 0.25) is 0 Å². The Morgan fingerprint density at radius 2 is 2.57 bits per heavy atom. The summed E-state index contributed by atoms with van der Waals surface area (Å²) in [6.07, 6.45) is 6.60. The third-order valence-corrected chi connectivity index (χ3v) is 2.12. The molecule has 4 nitrogen and oxygen atoms in total. The number of rotatable bonds is 7. The van der Waals surface area contributed by atoms with Gasteiger partial charge in [-0.3, -0.25) is 5.10 Å². The molecule has 1 aromatic heterocycles. The number of hydrogen-bond donors (Lipinski definition) is 2. The van der Waals surface area contributed by atoms with Crippen molar-refractivity contribution < 1.29 is 0 Å². The minimum absolute atomic E-state index is 0.538. The highest BCUT2D eigenvalue weighted by Gasteiger charge is 2.00. The molecule has 0 aliphatic heterocycles. The number of nitrogens with zero attached hydrogens (tertiary/aromatic N) is 2. The van der Waals surface area contributed by atoms with Gasteiger partial charge in [0, 0.05) is 19.0 Å². The summed E-state index contributed by atoms with van der Waals surface area (Å²) in [5.41, 5.74) is 0. The predicted molar refractivity (Wildman–Crippen MR) is 57.0 cm³/mol. The van der Waals surface area contributed by atoms with E-state index in [0.29, 0.717) is 6.04 Å². The van der Waals surface area contributed by atoms with Crippen LogP contribution < -0.4 is 5.32 Å². The SMILES string of the molecule is C=CCCC(C)NCCc1ncn[nH]1. The van der Waals surface area contributed by atoms with Gasteiger partial charge in [-0.05, 0) is 19.8 Å². The zero-order valence-corrected chi connectivity index (χ0v) is 8.66. The molecular weight excluding hydrogens is 176 g/mol. The fourth-order valence-electron chi connectivity index (χ4n) is 1.26. The second-order valence-corrected chi connectivity index (χ2v) is 3.40. The van der Waals surface area contributed by atoms with E-state index in [0.717, 1.165) is 31.6 Å². The number of hydrogen-bond acceptors (Lipinski definition) is 3. The van der Waals surface area contributed by atoms with Crippen LogP contribution in [-0.2, 0) is 6.42 Å². The molecule has 2 N–H and O–H groups in total. The summed E-state index contributed by atoms with van der Waals surface area (Å²) in [7, 11) is 0. The fraction of sp³-hybridized carbons (Fsp3) is 0.600. The van der Waals surface area contributed by atoms with Crippen molar-refractivity contribution in [2.24, 2.45) is 0 Å². The first-order valence-electron chi connectivity index (χ1n) is 5.01. The van der Waals surface area contributed by atoms with E-state index >= 15 is 0 Å². The van der Waals surface area contributed by atoms with E-state index in [4.69, 9.17) is 0 Å². The Bertz CT molecular complexity index is 243. The maximum absolute atomic E-state index is 4.05. The molecule has 0 amide bonds. The van der Waals surface area contributed by atoms with Crippen molar-refractivity contribution in [3.63, 3.8) is 0 Å². The number of nitrogens with one attached hydrogen (secondary N) is 2. The first-order valence-corrected chi connectivity index (χ1v) is 5.01. The molecule has 1 rings (SSSR count). The van der Waals surface area contributed by atoms with Gasteiger partial charge in [0.1, 0.15) is 12.2 Å². The molecule has 0 fully saturated rings. The molecule has 0 bridgehead atoms. The van der Waals surface area contributed by atoms with Gasteiger partial charge in [0.05, 0.1) is 0 Å². The Morgan fingerprint density at radius 3 is 3.21 bits per heavy atom. The van der Waals surface area contributed by atoms with Crippen molar-refractivity contribution in [3.05, 3.63) is 24.8 Å². The monoisotopic (exact) mass is 194 g/mol. The van der Waals surface area contributed by atoms with Gasteiger partial charge in [0.25, 0.3) is 0 Å². The summed E-state index contributed by atoms with van der Waals surface area (Å²) >= 11 is 0. The van der Waals surface area contributed by atoms with Crippen LogP contribution in [0.25, 0.3) is 0 Å². The lowest BCUT2D eigenvalue weighted by molar-refractivity contribution is 0.518. The van der Waals surface area contributed by atoms with E-state index in [1.165, 1.54) is 6.33 Å². The highest BCUT2D eigenvalue weighted by atomic mass is 15.2. The largest absolute Gasteiger partial charge is 0.314 e. The molecule has 0 aliphatic carbocycles. The number of allylic oxidation sites excluding steroid dienone is 1. The lowest BCUT2D eigenvalue weighted by Crippen LogP contribution is -2.28. The first kappa shape index (κ1) is 10.9. The summed E-state index contributed by atoms with van der Waals surface area (Å²) in [5.74, 6) is 0.938. The van der Waals surface area contributed by atoms with Crippen molar-refractivity contribution in [1.82, 2.24) is 20.5 Å². The molecule has 1 unspecified atom stereocenters. The molecule has 1 aromatic rings. The van der Waals surface area contributed by atoms with Crippen LogP contribution in [-0.4, -0.2) is 27.8 Å². The van der Waals surface area contributed by atoms with E-state index in [2.05, 4.69) is 34.0 Å². The van der Waals surface area contributed by atoms with Crippen LogP contribution in [0.15, 0.2) is 19.0 Å². The van der Waals surface area contributed by atoms with E-state index in [1.54, 1.807) is 0 Å². The summed E-state index contributed by atoms with van der Waals surface area (Å²) in [6, 6.07) is 0.538. The van der Waals surface area contributed by atoms with Crippen molar-refractivity contribution in [2.45, 2.75) is 32.2 Å². The summed E-state index contributed by atoms with van der Waals surface area (Å²) < 4.78 is 0. The molecule has 0 saturated heterocycles. The molecule has 1 heterocycles. The van der Waals surface area contributed by atoms with Gasteiger partial charge in [-0.2, -0.15) is 5.10 Å². The number of H-pyrrole nitrogens is 1. The Hall–Kier alpha value is -1.16. The smallest absolute Gasteiger partial charge is 0.137 e. The third kappa shape index (κ3) is 4.18. The van der Waals surface area contributed by atoms with Crippen LogP contribution in [0.4, 0.5) is 0 Å². The van der Waals surface area contributed by atoms with Crippen LogP contribution in [0.2, 0.25) is 0 Å². The summed E-state index contributed by atoms with van der Waals surface area (Å²) in [6.45, 7) is 6.82. The third-order valence-electron chi connectivity index (χ3n) is 2.12. The Balaban J connectivity index is 2.06. The maximum Gasteiger partial charge on any atom is 0.137 e. The minimum Gasteiger partial charge on any atom is -0.314 e. The van der Waals surface area contributed by atoms with Crippen molar-refractivity contribution in [3.8, 4) is 0 Å². The highest BCUT2D eigenvalue weighted by molar-refractivity contribution is 4.81. The van der Waals surface area contributed by atoms with Gasteiger partial charge in [-0.15, -0.1) is 6.58 Å². The van der Waals surface area contributed by atoms with Gasteiger partial charge in [-0.1, -0.05) is 6.08 Å². The second kappa shape index (κ2) is 6.32. The molecule has 0 aromatic carbocycles. The minimum atomic E-state index is 0.538. The molecule has 0 saturated carbocycles. The lowest BCUT2D eigenvalue weighted by atomic mass is 10.2. The Kier molecular flexibility index (Phi) is 4.93. The van der Waals surface area contributed by atoms with Gasteiger partial charge in [0.15, 0.2) is 0 Å². The van der Waals surface area contributed by atoms with E-state index in [1.807, 2.05) is 6.08 Å². The van der Waals surface area contributed by atoms with Gasteiger partial charge in [-0.25, -0.2) is 4.98 Å². The second-order valence-electron chi connectivity index (χ2n) is 3.40. The van der Waals surface area contributed by atoms with Gasteiger partial charge >= 0.3 is 0 Å². The standard InChI is InChI=1S/C10H18N4/c1-3-4-5-9(2)11-7-6-10-12-8-13-14-10/h3,8-9,11H,1,4-7H2,2H3,(H,12,13,14). The average Bonchev–Trinajstić information content (AvgIpc) is 2.67. The number of aromatic amines is 1. The molecule has 0 spiro atoms. The quantitative estimate of drug-likeness (QED) is 0.643. The predicted octanol–water partition coefficient (Wildman–Crippen LogP) is 1.29. The van der Waals surface area contributed by atoms with Crippen molar-refractivity contribution >= 4 is 0 Å². The molecule has 0 aliphatic rings. The molecule has 4 heteroatoms. The summed E-state index contributed by atoms with van der Waals surface area (Å²) in [5, 5.41) is 10.0. The van der Waals surface area contributed by atoms with Crippen LogP contribution in [0.5, 0.6) is 0 Å². The number of aromatic nitrogens is 3. The van der Waals surface area contributed by atoms with Crippen LogP contribution in [0.1, 0.15) is 25.6 Å². The lowest BCUT2D eigenvalue weighted by Gasteiger charge is -2.11. The Morgan fingerprint density at radius 1 is 1.71 bits per heavy atom. The normalized spacial score (nSPS) is 12.6. The van der Waals surface area contributed by atoms with E-state index in [9.17, 15) is 0 Å². The van der Waals surface area contributed by atoms with Crippen molar-refractivity contribution in [2.75, 3.05) is 6.54 Å². The van der Waals surface area contributed by atoms with Crippen LogP contribution in [0, 0.1) is 0 Å². The summed E-state index contributed by atoms with van der Waals surface area (Å²) in [4.78, 5) is 4.05. The van der Waals surface area contributed by atoms with Crippen LogP contribution in [0.3, 0.4) is 0 Å². The van der Waals surface area contributed by atoms with Crippen LogP contribution >= 0.6 is 0 Å². The zero-order valence-electron chi connectivity index (χ0n) is 8.66. The van der Waals surface area contributed by atoms with Crippen molar-refractivity contribution in [1.29, 1.82) is 0 Å². The first-order chi connectivity index (χ1) is 6.83. The molecule has 78 valence electrons. The fourth-order valence-corrected chi connectivity index (χ4v) is 1.26. The van der Waals surface area contributed by atoms with E-state index < -0.39 is 0 Å². The average molecular weight is 194 g/mol.